The van der Waals surface area contributed by atoms with Crippen LogP contribution in [0.15, 0.2) is 22.7 Å². The van der Waals surface area contributed by atoms with Crippen molar-refractivity contribution in [2.24, 2.45) is 5.73 Å². The smallest absolute Gasteiger partial charge is 0.0481 e. The Morgan fingerprint density at radius 2 is 2.39 bits per heavy atom. The molecule has 2 N–H and O–H groups in total. The molecule has 0 aromatic heterocycles. The number of benzene rings is 1. The van der Waals surface area contributed by atoms with Gasteiger partial charge < -0.3 is 5.73 Å². The Balaban J connectivity index is 2.21. The maximum absolute atomic E-state index is 5.99. The summed E-state index contributed by atoms with van der Waals surface area (Å²) in [5.41, 5.74) is 7.20. The lowest BCUT2D eigenvalue weighted by molar-refractivity contribution is 0.192. The lowest BCUT2D eigenvalue weighted by atomic mass is 10.0. The lowest BCUT2D eigenvalue weighted by Crippen LogP contribution is -2.38. The van der Waals surface area contributed by atoms with E-state index in [0.29, 0.717) is 12.6 Å². The van der Waals surface area contributed by atoms with Gasteiger partial charge in [-0.1, -0.05) is 33.6 Å². The molecule has 1 aliphatic rings. The minimum Gasteiger partial charge on any atom is -0.329 e. The van der Waals surface area contributed by atoms with E-state index in [9.17, 15) is 0 Å². The number of likely N-dealkylation sites (N-methyl/N-ethyl adjacent to an activating group) is 1. The molecule has 0 amide bonds. The van der Waals surface area contributed by atoms with Gasteiger partial charge in [0.2, 0.25) is 0 Å². The van der Waals surface area contributed by atoms with Crippen molar-refractivity contribution >= 4 is 39.3 Å². The molecule has 2 rings (SSSR count). The van der Waals surface area contributed by atoms with E-state index in [1.165, 1.54) is 23.5 Å². The number of hydrogen-bond acceptors (Lipinski definition) is 3. The van der Waals surface area contributed by atoms with Crippen LogP contribution in [0.5, 0.6) is 0 Å². The molecule has 5 heteroatoms. The van der Waals surface area contributed by atoms with Crippen LogP contribution in [0.2, 0.25) is 5.02 Å². The van der Waals surface area contributed by atoms with Gasteiger partial charge in [0.15, 0.2) is 0 Å². The third-order valence-electron chi connectivity index (χ3n) is 3.52. The summed E-state index contributed by atoms with van der Waals surface area (Å²) in [5.74, 6) is 2.46. The molecule has 0 aliphatic carbocycles. The van der Waals surface area contributed by atoms with E-state index < -0.39 is 0 Å². The molecule has 100 valence electrons. The molecule has 0 saturated carbocycles. The van der Waals surface area contributed by atoms with Gasteiger partial charge in [-0.15, -0.1) is 0 Å². The zero-order valence-corrected chi connectivity index (χ0v) is 13.6. The van der Waals surface area contributed by atoms with Crippen LogP contribution in [0.1, 0.15) is 18.0 Å². The minimum atomic E-state index is 0.250. The first-order valence-electron chi connectivity index (χ1n) is 6.08. The number of rotatable bonds is 4. The van der Waals surface area contributed by atoms with Crippen LogP contribution >= 0.6 is 39.3 Å². The number of thioether (sulfide) groups is 1. The molecule has 1 saturated heterocycles. The highest BCUT2D eigenvalue weighted by Crippen LogP contribution is 2.32. The summed E-state index contributed by atoms with van der Waals surface area (Å²) in [7, 11) is 2.18. The summed E-state index contributed by atoms with van der Waals surface area (Å²) in [6, 6.07) is 6.83. The van der Waals surface area contributed by atoms with Crippen LogP contribution in [-0.4, -0.2) is 36.0 Å². The summed E-state index contributed by atoms with van der Waals surface area (Å²) in [6.45, 7) is 0.623. The summed E-state index contributed by atoms with van der Waals surface area (Å²) in [5, 5.41) is 0.750. The summed E-state index contributed by atoms with van der Waals surface area (Å²) in [6.07, 6.45) is 1.25. The highest BCUT2D eigenvalue weighted by Gasteiger charge is 2.27. The number of halogens is 2. The average molecular weight is 350 g/mol. The molecule has 1 aliphatic heterocycles. The second-order valence-electron chi connectivity index (χ2n) is 4.60. The van der Waals surface area contributed by atoms with Gasteiger partial charge in [-0.05, 0) is 36.9 Å². The molecule has 2 atom stereocenters. The van der Waals surface area contributed by atoms with Crippen LogP contribution in [0.3, 0.4) is 0 Å². The van der Waals surface area contributed by atoms with Crippen LogP contribution < -0.4 is 5.73 Å². The van der Waals surface area contributed by atoms with Crippen molar-refractivity contribution in [3.63, 3.8) is 0 Å². The van der Waals surface area contributed by atoms with Crippen LogP contribution in [0.25, 0.3) is 0 Å². The first-order valence-corrected chi connectivity index (χ1v) is 8.40. The van der Waals surface area contributed by atoms with E-state index in [1.54, 1.807) is 0 Å². The maximum atomic E-state index is 5.99. The zero-order valence-electron chi connectivity index (χ0n) is 10.4. The van der Waals surface area contributed by atoms with E-state index in [0.717, 1.165) is 9.50 Å². The van der Waals surface area contributed by atoms with Gasteiger partial charge in [-0.25, -0.2) is 0 Å². The fourth-order valence-electron chi connectivity index (χ4n) is 2.38. The Hall–Kier alpha value is 0.260. The van der Waals surface area contributed by atoms with E-state index in [2.05, 4.69) is 33.9 Å². The maximum Gasteiger partial charge on any atom is 0.0481 e. The summed E-state index contributed by atoms with van der Waals surface area (Å²) in [4.78, 5) is 2.41. The standard InChI is InChI=1S/C13H18BrClN2S/c1-17(10-4-5-18-8-10)13(7-16)11-3-2-9(15)6-12(11)14/h2-3,6,10,13H,4-5,7-8,16H2,1H3. The molecule has 1 heterocycles. The SMILES string of the molecule is CN(C1CCSC1)C(CN)c1ccc(Cl)cc1Br. The third kappa shape index (κ3) is 3.23. The molecule has 0 bridgehead atoms. The lowest BCUT2D eigenvalue weighted by Gasteiger charge is -2.32. The van der Waals surface area contributed by atoms with E-state index in [4.69, 9.17) is 17.3 Å². The van der Waals surface area contributed by atoms with E-state index in [-0.39, 0.29) is 6.04 Å². The highest BCUT2D eigenvalue weighted by molar-refractivity contribution is 9.10. The molecular formula is C13H18BrClN2S. The minimum absolute atomic E-state index is 0.250. The van der Waals surface area contributed by atoms with E-state index >= 15 is 0 Å². The second kappa shape index (κ2) is 6.62. The Morgan fingerprint density at radius 3 is 2.94 bits per heavy atom. The largest absolute Gasteiger partial charge is 0.329 e. The van der Waals surface area contributed by atoms with Gasteiger partial charge in [0.05, 0.1) is 0 Å². The molecule has 0 radical (unpaired) electrons. The van der Waals surface area contributed by atoms with Gasteiger partial charge in [-0.3, -0.25) is 4.90 Å². The first-order chi connectivity index (χ1) is 8.63. The highest BCUT2D eigenvalue weighted by atomic mass is 79.9. The van der Waals surface area contributed by atoms with Crippen molar-refractivity contribution in [2.75, 3.05) is 25.1 Å². The van der Waals surface area contributed by atoms with Crippen molar-refractivity contribution in [3.8, 4) is 0 Å². The molecule has 18 heavy (non-hydrogen) atoms. The van der Waals surface area contributed by atoms with Crippen LogP contribution in [-0.2, 0) is 0 Å². The topological polar surface area (TPSA) is 29.3 Å². The van der Waals surface area contributed by atoms with Crippen molar-refractivity contribution in [3.05, 3.63) is 33.3 Å². The fourth-order valence-corrected chi connectivity index (χ4v) is 4.61. The quantitative estimate of drug-likeness (QED) is 0.901. The van der Waals surface area contributed by atoms with Crippen molar-refractivity contribution < 1.29 is 0 Å². The van der Waals surface area contributed by atoms with Crippen molar-refractivity contribution in [1.82, 2.24) is 4.90 Å². The Labute approximate surface area is 126 Å². The third-order valence-corrected chi connectivity index (χ3v) is 5.58. The van der Waals surface area contributed by atoms with Gasteiger partial charge >= 0.3 is 0 Å². The zero-order chi connectivity index (χ0) is 13.1. The molecule has 2 nitrogen and oxygen atoms in total. The molecule has 1 aromatic rings. The van der Waals surface area contributed by atoms with Gasteiger partial charge in [-0.2, -0.15) is 11.8 Å². The average Bonchev–Trinajstić information content (AvgIpc) is 2.86. The monoisotopic (exact) mass is 348 g/mol. The molecule has 2 unspecified atom stereocenters. The number of hydrogen-bond donors (Lipinski definition) is 1. The molecule has 1 fully saturated rings. The molecule has 1 aromatic carbocycles. The van der Waals surface area contributed by atoms with Crippen molar-refractivity contribution in [2.45, 2.75) is 18.5 Å². The Bertz CT molecular complexity index is 410. The summed E-state index contributed by atoms with van der Waals surface area (Å²) < 4.78 is 1.04. The number of nitrogens with zero attached hydrogens (tertiary/aromatic N) is 1. The molecular weight excluding hydrogens is 332 g/mol. The van der Waals surface area contributed by atoms with Crippen LogP contribution in [0, 0.1) is 0 Å². The normalized spacial score (nSPS) is 21.5. The fraction of sp³-hybridized carbons (Fsp3) is 0.538. The first kappa shape index (κ1) is 14.7. The predicted octanol–water partition coefficient (Wildman–Crippen LogP) is 3.54. The van der Waals surface area contributed by atoms with Crippen LogP contribution in [0.4, 0.5) is 0 Å². The molecule has 0 spiro atoms. The van der Waals surface area contributed by atoms with E-state index in [1.807, 2.05) is 23.9 Å². The Kier molecular flexibility index (Phi) is 5.39. The van der Waals surface area contributed by atoms with Crippen molar-refractivity contribution in [1.29, 1.82) is 0 Å². The van der Waals surface area contributed by atoms with Gasteiger partial charge in [0, 0.05) is 33.9 Å². The van der Waals surface area contributed by atoms with Gasteiger partial charge in [0.1, 0.15) is 0 Å². The van der Waals surface area contributed by atoms with Gasteiger partial charge in [0.25, 0.3) is 0 Å². The summed E-state index contributed by atoms with van der Waals surface area (Å²) >= 11 is 11.6. The Morgan fingerprint density at radius 1 is 1.61 bits per heavy atom. The number of nitrogens with two attached hydrogens (primary N) is 1. The second-order valence-corrected chi connectivity index (χ2v) is 7.04. The predicted molar refractivity (Wildman–Crippen MR) is 84.4 cm³/mol.